The van der Waals surface area contributed by atoms with Gasteiger partial charge in [-0.15, -0.1) is 0 Å². The first kappa shape index (κ1) is 17.2. The molecular formula is C17H19N3O5S. The van der Waals surface area contributed by atoms with Crippen LogP contribution in [0.15, 0.2) is 23.2 Å². The number of morpholine rings is 1. The van der Waals surface area contributed by atoms with E-state index in [-0.39, 0.29) is 25.0 Å². The lowest BCUT2D eigenvalue weighted by Crippen LogP contribution is -2.39. The Morgan fingerprint density at radius 2 is 2.08 bits per heavy atom. The van der Waals surface area contributed by atoms with Gasteiger partial charge in [0.05, 0.1) is 13.2 Å². The molecule has 3 aliphatic heterocycles. The summed E-state index contributed by atoms with van der Waals surface area (Å²) in [5.41, 5.74) is 0.915. The Balaban J connectivity index is 1.26. The molecule has 1 saturated heterocycles. The molecule has 2 amide bonds. The summed E-state index contributed by atoms with van der Waals surface area (Å²) in [5.74, 6) is 0.976. The van der Waals surface area contributed by atoms with Crippen LogP contribution in [0.2, 0.25) is 0 Å². The fourth-order valence-electron chi connectivity index (χ4n) is 2.89. The molecule has 8 nitrogen and oxygen atoms in total. The molecule has 0 spiro atoms. The largest absolute Gasteiger partial charge is 0.454 e. The number of aliphatic imine (C=N–C) groups is 1. The Morgan fingerprint density at radius 1 is 1.27 bits per heavy atom. The van der Waals surface area contributed by atoms with E-state index in [2.05, 4.69) is 10.3 Å². The van der Waals surface area contributed by atoms with Crippen molar-refractivity contribution < 1.29 is 23.8 Å². The van der Waals surface area contributed by atoms with Crippen molar-refractivity contribution in [2.45, 2.75) is 18.2 Å². The number of hydrogen-bond acceptors (Lipinski definition) is 7. The van der Waals surface area contributed by atoms with Gasteiger partial charge < -0.3 is 24.4 Å². The molecule has 1 fully saturated rings. The number of thioether (sulfide) groups is 1. The van der Waals surface area contributed by atoms with Gasteiger partial charge in [-0.2, -0.15) is 4.99 Å². The van der Waals surface area contributed by atoms with Crippen LogP contribution in [0.5, 0.6) is 11.5 Å². The number of ether oxygens (including phenoxy) is 3. The third-order valence-corrected chi connectivity index (χ3v) is 5.52. The van der Waals surface area contributed by atoms with E-state index in [9.17, 15) is 9.59 Å². The summed E-state index contributed by atoms with van der Waals surface area (Å²) in [4.78, 5) is 30.4. The van der Waals surface area contributed by atoms with E-state index in [0.29, 0.717) is 36.4 Å². The maximum atomic E-state index is 12.2. The molecule has 1 N–H and O–H groups in total. The van der Waals surface area contributed by atoms with Gasteiger partial charge in [0.15, 0.2) is 16.7 Å². The second-order valence-corrected chi connectivity index (χ2v) is 7.28. The maximum Gasteiger partial charge on any atom is 0.262 e. The monoisotopic (exact) mass is 377 g/mol. The lowest BCUT2D eigenvalue weighted by atomic mass is 10.2. The summed E-state index contributed by atoms with van der Waals surface area (Å²) < 4.78 is 15.9. The summed E-state index contributed by atoms with van der Waals surface area (Å²) in [6, 6.07) is 5.54. The number of carbonyl (C=O) groups excluding carboxylic acids is 2. The first-order valence-corrected chi connectivity index (χ1v) is 9.34. The fourth-order valence-corrected chi connectivity index (χ4v) is 4.01. The number of amides is 2. The SMILES string of the molecule is O=C(C[C@@H]1SC(N2CCOCC2)=NC1=O)NCc1ccc2c(c1)OCO2. The number of carbonyl (C=O) groups is 2. The lowest BCUT2D eigenvalue weighted by Gasteiger charge is -2.27. The van der Waals surface area contributed by atoms with Crippen LogP contribution in [0.4, 0.5) is 0 Å². The third-order valence-electron chi connectivity index (χ3n) is 4.31. The second kappa shape index (κ2) is 7.55. The van der Waals surface area contributed by atoms with Crippen LogP contribution in [0, 0.1) is 0 Å². The number of benzene rings is 1. The molecule has 1 atom stereocenters. The second-order valence-electron chi connectivity index (χ2n) is 6.11. The third kappa shape index (κ3) is 3.78. The smallest absolute Gasteiger partial charge is 0.262 e. The van der Waals surface area contributed by atoms with Crippen molar-refractivity contribution in [1.29, 1.82) is 0 Å². The molecule has 0 aromatic heterocycles. The minimum Gasteiger partial charge on any atom is -0.454 e. The van der Waals surface area contributed by atoms with Crippen LogP contribution in [-0.4, -0.2) is 60.2 Å². The van der Waals surface area contributed by atoms with E-state index in [4.69, 9.17) is 14.2 Å². The van der Waals surface area contributed by atoms with E-state index in [1.54, 1.807) is 0 Å². The van der Waals surface area contributed by atoms with Crippen LogP contribution in [0.3, 0.4) is 0 Å². The maximum absolute atomic E-state index is 12.2. The number of nitrogens with one attached hydrogen (secondary N) is 1. The predicted molar refractivity (Wildman–Crippen MR) is 95.2 cm³/mol. The van der Waals surface area contributed by atoms with Crippen molar-refractivity contribution >= 4 is 28.7 Å². The Kier molecular flexibility index (Phi) is 4.98. The molecule has 3 aliphatic rings. The Hall–Kier alpha value is -2.26. The minimum atomic E-state index is -0.454. The molecule has 4 rings (SSSR count). The molecule has 1 aromatic rings. The molecule has 0 radical (unpaired) electrons. The Bertz CT molecular complexity index is 748. The number of fused-ring (bicyclic) bond motifs is 1. The summed E-state index contributed by atoms with van der Waals surface area (Å²) in [6.45, 7) is 3.31. The predicted octanol–water partition coefficient (Wildman–Crippen LogP) is 0.752. The molecule has 0 saturated carbocycles. The zero-order valence-corrected chi connectivity index (χ0v) is 14.9. The summed E-state index contributed by atoms with van der Waals surface area (Å²) in [6.07, 6.45) is 0.116. The van der Waals surface area contributed by atoms with Gasteiger partial charge in [-0.3, -0.25) is 9.59 Å². The molecular weight excluding hydrogens is 358 g/mol. The number of rotatable bonds is 4. The zero-order valence-electron chi connectivity index (χ0n) is 14.1. The standard InChI is InChI=1S/C17H19N3O5S/c21-15(18-9-11-1-2-12-13(7-11)25-10-24-12)8-14-16(22)19-17(26-14)20-3-5-23-6-4-20/h1-2,7,14H,3-6,8-10H2,(H,18,21)/t14-/m0/s1. The number of nitrogens with zero attached hydrogens (tertiary/aromatic N) is 2. The quantitative estimate of drug-likeness (QED) is 0.828. The zero-order chi connectivity index (χ0) is 17.9. The minimum absolute atomic E-state index is 0.116. The summed E-state index contributed by atoms with van der Waals surface area (Å²) in [7, 11) is 0. The van der Waals surface area contributed by atoms with E-state index >= 15 is 0 Å². The molecule has 1 aromatic carbocycles. The van der Waals surface area contributed by atoms with E-state index in [0.717, 1.165) is 18.7 Å². The molecule has 0 aliphatic carbocycles. The average molecular weight is 377 g/mol. The van der Waals surface area contributed by atoms with E-state index in [1.807, 2.05) is 23.1 Å². The first-order chi connectivity index (χ1) is 12.7. The Labute approximate surface area is 154 Å². The van der Waals surface area contributed by atoms with Gasteiger partial charge in [0.2, 0.25) is 12.7 Å². The highest BCUT2D eigenvalue weighted by Gasteiger charge is 2.33. The normalized spacial score (nSPS) is 21.7. The molecule has 138 valence electrons. The fraction of sp³-hybridized carbons (Fsp3) is 0.471. The molecule has 0 bridgehead atoms. The van der Waals surface area contributed by atoms with Crippen LogP contribution in [0.25, 0.3) is 0 Å². The molecule has 0 unspecified atom stereocenters. The van der Waals surface area contributed by atoms with Gasteiger partial charge in [-0.25, -0.2) is 0 Å². The van der Waals surface area contributed by atoms with Crippen molar-refractivity contribution in [3.63, 3.8) is 0 Å². The highest BCUT2D eigenvalue weighted by atomic mass is 32.2. The topological polar surface area (TPSA) is 89.5 Å². The summed E-state index contributed by atoms with van der Waals surface area (Å²) in [5, 5.41) is 3.09. The van der Waals surface area contributed by atoms with E-state index < -0.39 is 5.25 Å². The van der Waals surface area contributed by atoms with Gasteiger partial charge >= 0.3 is 0 Å². The van der Waals surface area contributed by atoms with Crippen molar-refractivity contribution in [3.8, 4) is 11.5 Å². The lowest BCUT2D eigenvalue weighted by molar-refractivity contribution is -0.124. The number of amidine groups is 1. The van der Waals surface area contributed by atoms with Crippen LogP contribution >= 0.6 is 11.8 Å². The number of hydrogen-bond donors (Lipinski definition) is 1. The Morgan fingerprint density at radius 3 is 2.92 bits per heavy atom. The average Bonchev–Trinajstić information content (AvgIpc) is 3.27. The van der Waals surface area contributed by atoms with Crippen molar-refractivity contribution in [2.24, 2.45) is 4.99 Å². The van der Waals surface area contributed by atoms with Gasteiger partial charge in [0, 0.05) is 26.1 Å². The van der Waals surface area contributed by atoms with Crippen molar-refractivity contribution in [1.82, 2.24) is 10.2 Å². The van der Waals surface area contributed by atoms with Crippen molar-refractivity contribution in [2.75, 3.05) is 33.1 Å². The van der Waals surface area contributed by atoms with Gasteiger partial charge in [0.1, 0.15) is 5.25 Å². The van der Waals surface area contributed by atoms with Gasteiger partial charge in [-0.1, -0.05) is 17.8 Å². The van der Waals surface area contributed by atoms with Crippen molar-refractivity contribution in [3.05, 3.63) is 23.8 Å². The van der Waals surface area contributed by atoms with E-state index in [1.165, 1.54) is 11.8 Å². The van der Waals surface area contributed by atoms with Crippen LogP contribution in [0.1, 0.15) is 12.0 Å². The molecule has 9 heteroatoms. The van der Waals surface area contributed by atoms with Gasteiger partial charge in [-0.05, 0) is 17.7 Å². The molecule has 26 heavy (non-hydrogen) atoms. The van der Waals surface area contributed by atoms with Crippen LogP contribution < -0.4 is 14.8 Å². The molecule has 3 heterocycles. The highest BCUT2D eigenvalue weighted by Crippen LogP contribution is 2.32. The summed E-state index contributed by atoms with van der Waals surface area (Å²) >= 11 is 1.37. The van der Waals surface area contributed by atoms with Crippen LogP contribution in [-0.2, 0) is 20.9 Å². The highest BCUT2D eigenvalue weighted by molar-refractivity contribution is 8.15. The first-order valence-electron chi connectivity index (χ1n) is 8.46. The van der Waals surface area contributed by atoms with Gasteiger partial charge in [0.25, 0.3) is 5.91 Å².